The topological polar surface area (TPSA) is 15.3 Å². The SMILES string of the molecule is C1=C(CN2CCCCCC2)CCNC1. The van der Waals surface area contributed by atoms with Gasteiger partial charge in [0, 0.05) is 13.1 Å². The Morgan fingerprint density at radius 3 is 2.57 bits per heavy atom. The third-order valence-corrected chi connectivity index (χ3v) is 3.28. The molecule has 0 amide bonds. The van der Waals surface area contributed by atoms with E-state index in [1.807, 2.05) is 0 Å². The van der Waals surface area contributed by atoms with Crippen molar-refractivity contribution in [3.63, 3.8) is 0 Å². The average molecular weight is 194 g/mol. The summed E-state index contributed by atoms with van der Waals surface area (Å²) in [5, 5.41) is 3.37. The van der Waals surface area contributed by atoms with Gasteiger partial charge in [-0.2, -0.15) is 0 Å². The van der Waals surface area contributed by atoms with E-state index in [1.165, 1.54) is 58.3 Å². The average Bonchev–Trinajstić information content (AvgIpc) is 2.48. The van der Waals surface area contributed by atoms with Gasteiger partial charge < -0.3 is 5.32 Å². The Hall–Kier alpha value is -0.340. The van der Waals surface area contributed by atoms with E-state index in [0.29, 0.717) is 0 Å². The molecule has 80 valence electrons. The highest BCUT2D eigenvalue weighted by atomic mass is 15.1. The van der Waals surface area contributed by atoms with E-state index < -0.39 is 0 Å². The van der Waals surface area contributed by atoms with Gasteiger partial charge in [0.2, 0.25) is 0 Å². The first kappa shape index (κ1) is 10.2. The van der Waals surface area contributed by atoms with E-state index in [1.54, 1.807) is 5.57 Å². The van der Waals surface area contributed by atoms with E-state index in [9.17, 15) is 0 Å². The Morgan fingerprint density at radius 2 is 1.93 bits per heavy atom. The standard InChI is InChI=1S/C12H22N2/c1-2-4-10-14(9-3-1)11-12-5-7-13-8-6-12/h5,13H,1-4,6-11H2. The van der Waals surface area contributed by atoms with Crippen molar-refractivity contribution in [3.05, 3.63) is 11.6 Å². The molecule has 2 nitrogen and oxygen atoms in total. The predicted molar refractivity (Wildman–Crippen MR) is 60.5 cm³/mol. The third-order valence-electron chi connectivity index (χ3n) is 3.28. The first-order chi connectivity index (χ1) is 6.95. The van der Waals surface area contributed by atoms with Crippen LogP contribution in [0, 0.1) is 0 Å². The third kappa shape index (κ3) is 3.10. The van der Waals surface area contributed by atoms with Crippen molar-refractivity contribution >= 4 is 0 Å². The molecule has 2 aliphatic heterocycles. The van der Waals surface area contributed by atoms with Gasteiger partial charge in [-0.15, -0.1) is 0 Å². The lowest BCUT2D eigenvalue weighted by molar-refractivity contribution is 0.304. The minimum atomic E-state index is 1.09. The van der Waals surface area contributed by atoms with Crippen molar-refractivity contribution in [2.24, 2.45) is 0 Å². The second kappa shape index (κ2) is 5.52. The van der Waals surface area contributed by atoms with Gasteiger partial charge >= 0.3 is 0 Å². The fraction of sp³-hybridized carbons (Fsp3) is 0.833. The van der Waals surface area contributed by atoms with Crippen molar-refractivity contribution < 1.29 is 0 Å². The number of rotatable bonds is 2. The van der Waals surface area contributed by atoms with E-state index in [4.69, 9.17) is 0 Å². The zero-order chi connectivity index (χ0) is 9.64. The largest absolute Gasteiger partial charge is 0.313 e. The molecule has 1 saturated heterocycles. The van der Waals surface area contributed by atoms with Gasteiger partial charge in [-0.1, -0.05) is 24.5 Å². The monoisotopic (exact) mass is 194 g/mol. The molecule has 2 heteroatoms. The molecule has 1 N–H and O–H groups in total. The maximum Gasteiger partial charge on any atom is 0.0193 e. The number of nitrogens with zero attached hydrogens (tertiary/aromatic N) is 1. The van der Waals surface area contributed by atoms with Crippen LogP contribution in [-0.4, -0.2) is 37.6 Å². The van der Waals surface area contributed by atoms with Gasteiger partial charge in [-0.05, 0) is 38.9 Å². The Labute approximate surface area is 87.4 Å². The summed E-state index contributed by atoms with van der Waals surface area (Å²) in [5.41, 5.74) is 1.66. The highest BCUT2D eigenvalue weighted by Crippen LogP contribution is 2.13. The maximum absolute atomic E-state index is 3.37. The molecule has 0 spiro atoms. The lowest BCUT2D eigenvalue weighted by Gasteiger charge is -2.23. The van der Waals surface area contributed by atoms with Gasteiger partial charge in [0.05, 0.1) is 0 Å². The van der Waals surface area contributed by atoms with Gasteiger partial charge in [-0.3, -0.25) is 4.90 Å². The minimum absolute atomic E-state index is 1.09. The summed E-state index contributed by atoms with van der Waals surface area (Å²) < 4.78 is 0. The van der Waals surface area contributed by atoms with Crippen LogP contribution < -0.4 is 5.32 Å². The predicted octanol–water partition coefficient (Wildman–Crippen LogP) is 1.78. The minimum Gasteiger partial charge on any atom is -0.313 e. The Balaban J connectivity index is 1.79. The summed E-state index contributed by atoms with van der Waals surface area (Å²) in [6.07, 6.45) is 9.34. The molecule has 2 rings (SSSR count). The molecule has 0 saturated carbocycles. The zero-order valence-electron chi connectivity index (χ0n) is 9.10. The van der Waals surface area contributed by atoms with E-state index in [2.05, 4.69) is 16.3 Å². The van der Waals surface area contributed by atoms with E-state index in [-0.39, 0.29) is 0 Å². The van der Waals surface area contributed by atoms with Crippen LogP contribution in [0.5, 0.6) is 0 Å². The molecule has 0 aromatic rings. The Bertz CT molecular complexity index is 190. The molecule has 0 aromatic carbocycles. The van der Waals surface area contributed by atoms with Crippen LogP contribution >= 0.6 is 0 Å². The number of hydrogen-bond acceptors (Lipinski definition) is 2. The number of likely N-dealkylation sites (tertiary alicyclic amines) is 1. The Kier molecular flexibility index (Phi) is 4.02. The lowest BCUT2D eigenvalue weighted by atomic mass is 10.1. The lowest BCUT2D eigenvalue weighted by Crippen LogP contribution is -2.30. The molecule has 14 heavy (non-hydrogen) atoms. The fourth-order valence-corrected chi connectivity index (χ4v) is 2.39. The summed E-state index contributed by atoms with van der Waals surface area (Å²) >= 11 is 0. The van der Waals surface area contributed by atoms with Gasteiger partial charge in [0.25, 0.3) is 0 Å². The molecule has 2 aliphatic rings. The first-order valence-corrected chi connectivity index (χ1v) is 6.06. The van der Waals surface area contributed by atoms with Crippen LogP contribution in [0.3, 0.4) is 0 Å². The van der Waals surface area contributed by atoms with Crippen molar-refractivity contribution in [2.75, 3.05) is 32.7 Å². The molecule has 0 bridgehead atoms. The van der Waals surface area contributed by atoms with Crippen LogP contribution in [0.1, 0.15) is 32.1 Å². The van der Waals surface area contributed by atoms with Crippen LogP contribution in [0.15, 0.2) is 11.6 Å². The van der Waals surface area contributed by atoms with Crippen LogP contribution in [0.2, 0.25) is 0 Å². The van der Waals surface area contributed by atoms with Gasteiger partial charge in [-0.25, -0.2) is 0 Å². The Morgan fingerprint density at radius 1 is 1.14 bits per heavy atom. The van der Waals surface area contributed by atoms with Crippen LogP contribution in [0.4, 0.5) is 0 Å². The highest BCUT2D eigenvalue weighted by molar-refractivity contribution is 5.08. The summed E-state index contributed by atoms with van der Waals surface area (Å²) in [4.78, 5) is 2.64. The summed E-state index contributed by atoms with van der Waals surface area (Å²) in [6.45, 7) is 6.15. The molecule has 1 fully saturated rings. The van der Waals surface area contributed by atoms with E-state index in [0.717, 1.165) is 6.54 Å². The molecule has 0 radical (unpaired) electrons. The van der Waals surface area contributed by atoms with Crippen molar-refractivity contribution in [1.29, 1.82) is 0 Å². The summed E-state index contributed by atoms with van der Waals surface area (Å²) in [6, 6.07) is 0. The summed E-state index contributed by atoms with van der Waals surface area (Å²) in [7, 11) is 0. The number of hydrogen-bond donors (Lipinski definition) is 1. The molecular weight excluding hydrogens is 172 g/mol. The normalized spacial score (nSPS) is 25.6. The van der Waals surface area contributed by atoms with Gasteiger partial charge in [0.15, 0.2) is 0 Å². The van der Waals surface area contributed by atoms with Crippen LogP contribution in [-0.2, 0) is 0 Å². The van der Waals surface area contributed by atoms with Gasteiger partial charge in [0.1, 0.15) is 0 Å². The van der Waals surface area contributed by atoms with Crippen molar-refractivity contribution in [1.82, 2.24) is 10.2 Å². The molecule has 2 heterocycles. The smallest absolute Gasteiger partial charge is 0.0193 e. The maximum atomic E-state index is 3.37. The molecule has 0 atom stereocenters. The van der Waals surface area contributed by atoms with E-state index >= 15 is 0 Å². The van der Waals surface area contributed by atoms with Crippen molar-refractivity contribution in [3.8, 4) is 0 Å². The van der Waals surface area contributed by atoms with Crippen molar-refractivity contribution in [2.45, 2.75) is 32.1 Å². The van der Waals surface area contributed by atoms with Crippen LogP contribution in [0.25, 0.3) is 0 Å². The first-order valence-electron chi connectivity index (χ1n) is 6.06. The number of nitrogens with one attached hydrogen (secondary N) is 1. The molecule has 0 unspecified atom stereocenters. The second-order valence-electron chi connectivity index (χ2n) is 4.51. The fourth-order valence-electron chi connectivity index (χ4n) is 2.39. The summed E-state index contributed by atoms with van der Waals surface area (Å²) in [5.74, 6) is 0. The second-order valence-corrected chi connectivity index (χ2v) is 4.51. The highest BCUT2D eigenvalue weighted by Gasteiger charge is 2.11. The quantitative estimate of drug-likeness (QED) is 0.674. The molecular formula is C12H22N2. The molecule has 0 aromatic heterocycles. The molecule has 0 aliphatic carbocycles. The zero-order valence-corrected chi connectivity index (χ0v) is 9.10.